The van der Waals surface area contributed by atoms with Crippen LogP contribution in [0.15, 0.2) is 46.0 Å². The number of piperidine rings is 1. The van der Waals surface area contributed by atoms with E-state index < -0.39 is 10.0 Å². The number of carbonyl (C=O) groups is 1. The van der Waals surface area contributed by atoms with Gasteiger partial charge >= 0.3 is 0 Å². The Balaban J connectivity index is 1.80. The van der Waals surface area contributed by atoms with E-state index in [1.807, 2.05) is 0 Å². The summed E-state index contributed by atoms with van der Waals surface area (Å²) in [5.41, 5.74) is 0.539. The Bertz CT molecular complexity index is 802. The molecule has 1 aliphatic rings. The summed E-state index contributed by atoms with van der Waals surface area (Å²) in [5, 5.41) is 3.87. The lowest BCUT2D eigenvalue weighted by atomic mass is 9.91. The molecule has 0 spiro atoms. The third-order valence-corrected chi connectivity index (χ3v) is 6.93. The Kier molecular flexibility index (Phi) is 4.87. The van der Waals surface area contributed by atoms with E-state index in [0.29, 0.717) is 34.9 Å². The number of benzene rings is 1. The van der Waals surface area contributed by atoms with Gasteiger partial charge in [0.2, 0.25) is 10.0 Å². The predicted octanol–water partition coefficient (Wildman–Crippen LogP) is 3.69. The van der Waals surface area contributed by atoms with Gasteiger partial charge in [0.15, 0.2) is 5.78 Å². The molecule has 0 saturated carbocycles. The van der Waals surface area contributed by atoms with Crippen LogP contribution in [-0.2, 0) is 10.0 Å². The van der Waals surface area contributed by atoms with E-state index in [9.17, 15) is 13.2 Å². The van der Waals surface area contributed by atoms with Crippen LogP contribution in [0.5, 0.6) is 0 Å². The molecule has 1 aliphatic heterocycles. The van der Waals surface area contributed by atoms with Gasteiger partial charge in [0.25, 0.3) is 0 Å². The van der Waals surface area contributed by atoms with E-state index in [-0.39, 0.29) is 18.2 Å². The third-order valence-electron chi connectivity index (χ3n) is 4.00. The summed E-state index contributed by atoms with van der Waals surface area (Å²) in [5.74, 6) is -0.367. The molecule has 0 N–H and O–H groups in total. The van der Waals surface area contributed by atoms with Gasteiger partial charge in [-0.15, -0.1) is 0 Å². The van der Waals surface area contributed by atoms with E-state index in [4.69, 9.17) is 11.6 Å². The van der Waals surface area contributed by atoms with Gasteiger partial charge in [-0.2, -0.15) is 15.6 Å². The molecule has 1 fully saturated rings. The molecule has 23 heavy (non-hydrogen) atoms. The van der Waals surface area contributed by atoms with Crippen molar-refractivity contribution in [3.8, 4) is 0 Å². The molecule has 1 aromatic carbocycles. The van der Waals surface area contributed by atoms with Crippen LogP contribution in [0.1, 0.15) is 23.2 Å². The number of hydrogen-bond acceptors (Lipinski definition) is 4. The number of nitrogens with zero attached hydrogens (tertiary/aromatic N) is 1. The van der Waals surface area contributed by atoms with Gasteiger partial charge in [0.05, 0.1) is 4.90 Å². The Morgan fingerprint density at radius 3 is 2.83 bits per heavy atom. The normalized spacial score (nSPS) is 19.6. The van der Waals surface area contributed by atoms with Crippen molar-refractivity contribution in [1.29, 1.82) is 0 Å². The molecule has 0 bridgehead atoms. The molecule has 4 nitrogen and oxygen atoms in total. The minimum absolute atomic E-state index is 0.0438. The van der Waals surface area contributed by atoms with Crippen molar-refractivity contribution in [3.05, 3.63) is 51.7 Å². The van der Waals surface area contributed by atoms with Gasteiger partial charge in [0, 0.05) is 35.0 Å². The molecule has 0 amide bonds. The van der Waals surface area contributed by atoms with Crippen LogP contribution in [0.4, 0.5) is 0 Å². The molecule has 1 atom stereocenters. The zero-order valence-corrected chi connectivity index (χ0v) is 14.7. The topological polar surface area (TPSA) is 54.5 Å². The molecule has 2 heterocycles. The van der Waals surface area contributed by atoms with Gasteiger partial charge in [-0.1, -0.05) is 23.7 Å². The lowest BCUT2D eigenvalue weighted by Crippen LogP contribution is -2.42. The average Bonchev–Trinajstić information content (AvgIpc) is 3.09. The van der Waals surface area contributed by atoms with Crippen LogP contribution in [-0.4, -0.2) is 31.6 Å². The van der Waals surface area contributed by atoms with E-state index in [2.05, 4.69) is 0 Å². The van der Waals surface area contributed by atoms with Crippen molar-refractivity contribution in [2.75, 3.05) is 13.1 Å². The van der Waals surface area contributed by atoms with Gasteiger partial charge < -0.3 is 0 Å². The maximum absolute atomic E-state index is 12.6. The van der Waals surface area contributed by atoms with Crippen LogP contribution >= 0.6 is 22.9 Å². The van der Waals surface area contributed by atoms with Crippen LogP contribution in [0.2, 0.25) is 5.02 Å². The zero-order valence-electron chi connectivity index (χ0n) is 12.3. The molecule has 0 radical (unpaired) electrons. The Labute approximate surface area is 144 Å². The summed E-state index contributed by atoms with van der Waals surface area (Å²) >= 11 is 7.29. The first-order valence-electron chi connectivity index (χ1n) is 7.30. The summed E-state index contributed by atoms with van der Waals surface area (Å²) in [7, 11) is -3.51. The van der Waals surface area contributed by atoms with E-state index in [1.165, 1.54) is 15.6 Å². The summed E-state index contributed by atoms with van der Waals surface area (Å²) in [6.45, 7) is 0.682. The van der Waals surface area contributed by atoms with Crippen LogP contribution in [0.3, 0.4) is 0 Å². The van der Waals surface area contributed by atoms with Crippen molar-refractivity contribution >= 4 is 38.7 Å². The molecule has 7 heteroatoms. The number of sulfonamides is 1. The fourth-order valence-corrected chi connectivity index (χ4v) is 5.53. The van der Waals surface area contributed by atoms with Crippen molar-refractivity contribution in [2.45, 2.75) is 17.7 Å². The number of halogens is 1. The highest BCUT2D eigenvalue weighted by Gasteiger charge is 2.33. The minimum Gasteiger partial charge on any atom is -0.294 e. The summed E-state index contributed by atoms with van der Waals surface area (Å²) in [6, 6.07) is 8.41. The van der Waals surface area contributed by atoms with Crippen LogP contribution < -0.4 is 0 Å². The predicted molar refractivity (Wildman–Crippen MR) is 91.6 cm³/mol. The molecular formula is C16H16ClNO3S2. The number of carbonyl (C=O) groups excluding carboxylic acids is 1. The molecule has 1 saturated heterocycles. The highest BCUT2D eigenvalue weighted by molar-refractivity contribution is 7.89. The van der Waals surface area contributed by atoms with Gasteiger partial charge in [-0.3, -0.25) is 4.79 Å². The fourth-order valence-electron chi connectivity index (χ4n) is 2.80. The molecule has 122 valence electrons. The molecule has 1 aromatic heterocycles. The summed E-state index contributed by atoms with van der Waals surface area (Å²) in [6.07, 6.45) is 1.38. The summed E-state index contributed by atoms with van der Waals surface area (Å²) in [4.78, 5) is 12.9. The quantitative estimate of drug-likeness (QED) is 0.772. The van der Waals surface area contributed by atoms with Crippen molar-refractivity contribution < 1.29 is 13.2 Å². The maximum Gasteiger partial charge on any atom is 0.243 e. The molecular weight excluding hydrogens is 354 g/mol. The fraction of sp³-hybridized carbons (Fsp3) is 0.312. The third kappa shape index (κ3) is 3.50. The molecule has 0 aliphatic carbocycles. The van der Waals surface area contributed by atoms with E-state index in [0.717, 1.165) is 0 Å². The van der Waals surface area contributed by atoms with Crippen molar-refractivity contribution in [2.24, 2.45) is 5.92 Å². The number of Topliss-reactive ketones (excluding diaryl/α,β-unsaturated/α-hetero) is 1. The smallest absolute Gasteiger partial charge is 0.243 e. The average molecular weight is 370 g/mol. The van der Waals surface area contributed by atoms with Crippen LogP contribution in [0.25, 0.3) is 0 Å². The first kappa shape index (κ1) is 16.6. The summed E-state index contributed by atoms with van der Waals surface area (Å²) < 4.78 is 26.6. The van der Waals surface area contributed by atoms with E-state index >= 15 is 0 Å². The first-order chi connectivity index (χ1) is 11.0. The SMILES string of the molecule is O=C(c1cccc(Cl)c1)C1CCCN(S(=O)(=O)c2ccsc2)C1. The standard InChI is InChI=1S/C16H16ClNO3S2/c17-14-5-1-3-12(9-14)16(19)13-4-2-7-18(10-13)23(20,21)15-6-8-22-11-15/h1,3,5-6,8-9,11,13H,2,4,7,10H2. The maximum atomic E-state index is 12.6. The molecule has 2 aromatic rings. The lowest BCUT2D eigenvalue weighted by molar-refractivity contribution is 0.0872. The zero-order chi connectivity index (χ0) is 16.4. The lowest BCUT2D eigenvalue weighted by Gasteiger charge is -2.31. The second kappa shape index (κ2) is 6.73. The molecule has 3 rings (SSSR count). The highest BCUT2D eigenvalue weighted by Crippen LogP contribution is 2.27. The van der Waals surface area contributed by atoms with Crippen LogP contribution in [0, 0.1) is 5.92 Å². The highest BCUT2D eigenvalue weighted by atomic mass is 35.5. The van der Waals surface area contributed by atoms with Gasteiger partial charge in [-0.05, 0) is 36.4 Å². The largest absolute Gasteiger partial charge is 0.294 e. The number of rotatable bonds is 4. The number of thiophene rings is 1. The Morgan fingerprint density at radius 2 is 2.13 bits per heavy atom. The van der Waals surface area contributed by atoms with Gasteiger partial charge in [0.1, 0.15) is 0 Å². The van der Waals surface area contributed by atoms with Crippen molar-refractivity contribution in [3.63, 3.8) is 0 Å². The Morgan fingerprint density at radius 1 is 1.30 bits per heavy atom. The number of ketones is 1. The second-order valence-corrected chi connectivity index (χ2v) is 8.69. The van der Waals surface area contributed by atoms with E-state index in [1.54, 1.807) is 41.1 Å². The number of hydrogen-bond donors (Lipinski definition) is 0. The first-order valence-corrected chi connectivity index (χ1v) is 10.1. The molecule has 1 unspecified atom stereocenters. The van der Waals surface area contributed by atoms with Gasteiger partial charge in [-0.25, -0.2) is 8.42 Å². The monoisotopic (exact) mass is 369 g/mol. The minimum atomic E-state index is -3.51. The van der Waals surface area contributed by atoms with Crippen molar-refractivity contribution in [1.82, 2.24) is 4.31 Å². The second-order valence-electron chi connectivity index (χ2n) is 5.54. The Hall–Kier alpha value is -1.21.